The second-order valence-electron chi connectivity index (χ2n) is 4.86. The van der Waals surface area contributed by atoms with Crippen LogP contribution >= 0.6 is 0 Å². The molecule has 1 aliphatic heterocycles. The summed E-state index contributed by atoms with van der Waals surface area (Å²) in [5.74, 6) is -0.811. The number of urea groups is 1. The molecule has 2 N–H and O–H groups in total. The molecule has 22 heavy (non-hydrogen) atoms. The number of carbonyl (C=O) groups excluding carboxylic acids is 3. The van der Waals surface area contributed by atoms with Crippen LogP contribution in [0.2, 0.25) is 0 Å². The van der Waals surface area contributed by atoms with Crippen LogP contribution in [-0.2, 0) is 16.0 Å². The Labute approximate surface area is 128 Å². The Hall–Kier alpha value is -2.57. The van der Waals surface area contributed by atoms with Gasteiger partial charge in [0.2, 0.25) is 5.91 Å². The molecule has 1 aromatic rings. The summed E-state index contributed by atoms with van der Waals surface area (Å²) in [6, 6.07) is 4.96. The van der Waals surface area contributed by atoms with Gasteiger partial charge >= 0.3 is 12.0 Å². The van der Waals surface area contributed by atoms with Gasteiger partial charge in [0.1, 0.15) is 0 Å². The fraction of sp³-hybridized carbons (Fsp3) is 0.400. The van der Waals surface area contributed by atoms with Gasteiger partial charge in [-0.2, -0.15) is 0 Å². The minimum absolute atomic E-state index is 0.0666. The lowest BCUT2D eigenvalue weighted by Gasteiger charge is -2.15. The van der Waals surface area contributed by atoms with Crippen LogP contribution in [0.25, 0.3) is 0 Å². The first-order chi connectivity index (χ1) is 10.6. The lowest BCUT2D eigenvalue weighted by Crippen LogP contribution is -2.38. The summed E-state index contributed by atoms with van der Waals surface area (Å²) < 4.78 is 4.76. The second-order valence-corrected chi connectivity index (χ2v) is 4.86. The number of methoxy groups -OCH3 is 1. The van der Waals surface area contributed by atoms with E-state index < -0.39 is 5.97 Å². The third-order valence-electron chi connectivity index (χ3n) is 3.49. The average Bonchev–Trinajstić information content (AvgIpc) is 2.97. The molecule has 0 saturated carbocycles. The number of imide groups is 1. The van der Waals surface area contributed by atoms with Gasteiger partial charge in [-0.05, 0) is 24.1 Å². The summed E-state index contributed by atoms with van der Waals surface area (Å²) >= 11 is 0. The summed E-state index contributed by atoms with van der Waals surface area (Å²) in [7, 11) is 1.31. The fourth-order valence-electron chi connectivity index (χ4n) is 2.22. The first-order valence-electron chi connectivity index (χ1n) is 7.10. The maximum atomic E-state index is 12.0. The highest BCUT2D eigenvalue weighted by atomic mass is 16.5. The minimum atomic E-state index is -0.468. The highest BCUT2D eigenvalue weighted by Crippen LogP contribution is 2.19. The van der Waals surface area contributed by atoms with Crippen molar-refractivity contribution in [1.82, 2.24) is 10.2 Å². The maximum Gasteiger partial charge on any atom is 0.339 e. The molecule has 0 aliphatic carbocycles. The SMILES string of the molecule is CCc1ccc(NCC(=O)N2CCNC2=O)c(C(=O)OC)c1. The molecule has 1 aliphatic rings. The standard InChI is InChI=1S/C15H19N3O4/c1-3-10-4-5-12(11(8-10)14(20)22-2)17-9-13(19)18-7-6-16-15(18)21/h4-5,8,17H,3,6-7,9H2,1-2H3,(H,16,21). The van der Waals surface area contributed by atoms with Gasteiger partial charge in [0.15, 0.2) is 0 Å². The van der Waals surface area contributed by atoms with Crippen LogP contribution in [0.1, 0.15) is 22.8 Å². The molecule has 1 saturated heterocycles. The lowest BCUT2D eigenvalue weighted by atomic mass is 10.1. The average molecular weight is 305 g/mol. The van der Waals surface area contributed by atoms with Crippen LogP contribution in [0.15, 0.2) is 18.2 Å². The number of amides is 3. The Morgan fingerprint density at radius 1 is 1.41 bits per heavy atom. The highest BCUT2D eigenvalue weighted by molar-refractivity contribution is 5.99. The Balaban J connectivity index is 2.10. The van der Waals surface area contributed by atoms with Crippen molar-refractivity contribution in [2.24, 2.45) is 0 Å². The Bertz CT molecular complexity index is 600. The van der Waals surface area contributed by atoms with Crippen LogP contribution in [0, 0.1) is 0 Å². The van der Waals surface area contributed by atoms with E-state index in [1.165, 1.54) is 7.11 Å². The lowest BCUT2D eigenvalue weighted by molar-refractivity contribution is -0.125. The zero-order valence-electron chi connectivity index (χ0n) is 12.6. The van der Waals surface area contributed by atoms with Crippen LogP contribution < -0.4 is 10.6 Å². The fourth-order valence-corrected chi connectivity index (χ4v) is 2.22. The highest BCUT2D eigenvalue weighted by Gasteiger charge is 2.26. The van der Waals surface area contributed by atoms with Crippen LogP contribution in [-0.4, -0.2) is 49.6 Å². The maximum absolute atomic E-state index is 12.0. The monoisotopic (exact) mass is 305 g/mol. The third kappa shape index (κ3) is 3.36. The van der Waals surface area contributed by atoms with Crippen molar-refractivity contribution in [3.63, 3.8) is 0 Å². The zero-order chi connectivity index (χ0) is 16.1. The summed E-state index contributed by atoms with van der Waals surface area (Å²) in [4.78, 5) is 36.4. The number of nitrogens with zero attached hydrogens (tertiary/aromatic N) is 1. The van der Waals surface area contributed by atoms with Crippen molar-refractivity contribution in [3.05, 3.63) is 29.3 Å². The Kier molecular flexibility index (Phi) is 4.98. The number of esters is 1. The smallest absolute Gasteiger partial charge is 0.339 e. The van der Waals surface area contributed by atoms with Crippen molar-refractivity contribution in [2.75, 3.05) is 32.1 Å². The Morgan fingerprint density at radius 2 is 2.18 bits per heavy atom. The van der Waals surface area contributed by atoms with Gasteiger partial charge in [-0.1, -0.05) is 13.0 Å². The predicted octanol–water partition coefficient (Wildman–Crippen LogP) is 0.999. The van der Waals surface area contributed by atoms with Crippen LogP contribution in [0.4, 0.5) is 10.5 Å². The number of hydrogen-bond acceptors (Lipinski definition) is 5. The quantitative estimate of drug-likeness (QED) is 0.792. The number of benzene rings is 1. The molecule has 7 heteroatoms. The molecule has 118 valence electrons. The molecule has 7 nitrogen and oxygen atoms in total. The van der Waals surface area contributed by atoms with E-state index in [0.717, 1.165) is 16.9 Å². The first-order valence-corrected chi connectivity index (χ1v) is 7.10. The van der Waals surface area contributed by atoms with E-state index >= 15 is 0 Å². The van der Waals surface area contributed by atoms with Crippen molar-refractivity contribution in [1.29, 1.82) is 0 Å². The van der Waals surface area contributed by atoms with E-state index in [1.807, 2.05) is 13.0 Å². The number of carbonyl (C=O) groups is 3. The molecule has 0 aromatic heterocycles. The van der Waals surface area contributed by atoms with E-state index in [0.29, 0.717) is 24.3 Å². The van der Waals surface area contributed by atoms with Gasteiger partial charge in [0.25, 0.3) is 0 Å². The van der Waals surface area contributed by atoms with E-state index in [1.54, 1.807) is 12.1 Å². The van der Waals surface area contributed by atoms with Gasteiger partial charge in [-0.3, -0.25) is 9.69 Å². The second kappa shape index (κ2) is 6.93. The molecule has 3 amide bonds. The summed E-state index contributed by atoms with van der Waals surface area (Å²) in [5, 5.41) is 5.47. The van der Waals surface area contributed by atoms with Gasteiger partial charge in [0, 0.05) is 18.8 Å². The van der Waals surface area contributed by atoms with E-state index in [4.69, 9.17) is 4.74 Å². The summed E-state index contributed by atoms with van der Waals surface area (Å²) in [5.41, 5.74) is 1.88. The number of nitrogens with one attached hydrogen (secondary N) is 2. The van der Waals surface area contributed by atoms with Crippen LogP contribution in [0.3, 0.4) is 0 Å². The van der Waals surface area contributed by atoms with E-state index in [2.05, 4.69) is 10.6 Å². The van der Waals surface area contributed by atoms with Gasteiger partial charge in [0.05, 0.1) is 19.2 Å². The third-order valence-corrected chi connectivity index (χ3v) is 3.49. The molecule has 0 radical (unpaired) electrons. The number of anilines is 1. The molecular weight excluding hydrogens is 286 g/mol. The molecule has 0 bridgehead atoms. The first kappa shape index (κ1) is 15.8. The zero-order valence-corrected chi connectivity index (χ0v) is 12.6. The van der Waals surface area contributed by atoms with Gasteiger partial charge < -0.3 is 15.4 Å². The van der Waals surface area contributed by atoms with Crippen LogP contribution in [0.5, 0.6) is 0 Å². The van der Waals surface area contributed by atoms with Crippen molar-refractivity contribution in [3.8, 4) is 0 Å². The summed E-state index contributed by atoms with van der Waals surface area (Å²) in [6.45, 7) is 2.74. The van der Waals surface area contributed by atoms with Gasteiger partial charge in [-0.15, -0.1) is 0 Å². The van der Waals surface area contributed by atoms with Crippen molar-refractivity contribution >= 4 is 23.6 Å². The molecule has 1 fully saturated rings. The molecule has 0 atom stereocenters. The molecule has 0 spiro atoms. The number of aryl methyl sites for hydroxylation is 1. The number of rotatable bonds is 5. The normalized spacial score (nSPS) is 13.7. The minimum Gasteiger partial charge on any atom is -0.465 e. The van der Waals surface area contributed by atoms with Gasteiger partial charge in [-0.25, -0.2) is 9.59 Å². The largest absolute Gasteiger partial charge is 0.465 e. The number of ether oxygens (including phenoxy) is 1. The molecule has 0 unspecified atom stereocenters. The van der Waals surface area contributed by atoms with Crippen molar-refractivity contribution < 1.29 is 19.1 Å². The topological polar surface area (TPSA) is 87.7 Å². The van der Waals surface area contributed by atoms with E-state index in [9.17, 15) is 14.4 Å². The van der Waals surface area contributed by atoms with E-state index in [-0.39, 0.29) is 18.5 Å². The summed E-state index contributed by atoms with van der Waals surface area (Å²) in [6.07, 6.45) is 0.789. The predicted molar refractivity (Wildman–Crippen MR) is 80.8 cm³/mol. The van der Waals surface area contributed by atoms with Crippen molar-refractivity contribution in [2.45, 2.75) is 13.3 Å². The molecule has 2 rings (SSSR count). The molecule has 1 heterocycles. The Morgan fingerprint density at radius 3 is 2.77 bits per heavy atom. The molecular formula is C15H19N3O4. The number of hydrogen-bond donors (Lipinski definition) is 2. The molecule has 1 aromatic carbocycles.